The molecule has 0 aromatic carbocycles. The van der Waals surface area contributed by atoms with Crippen LogP contribution in [-0.2, 0) is 4.79 Å². The van der Waals surface area contributed by atoms with E-state index in [0.717, 1.165) is 38.0 Å². The van der Waals surface area contributed by atoms with Crippen molar-refractivity contribution >= 4 is 5.91 Å². The molecule has 0 bridgehead atoms. The molecule has 21 heavy (non-hydrogen) atoms. The average molecular weight is 295 g/mol. The zero-order valence-electron chi connectivity index (χ0n) is 13.9. The smallest absolute Gasteiger partial charge is 0.234 e. The Morgan fingerprint density at radius 3 is 2.33 bits per heavy atom. The molecule has 2 N–H and O–H groups in total. The van der Waals surface area contributed by atoms with Crippen LogP contribution in [0.2, 0.25) is 0 Å². The van der Waals surface area contributed by atoms with E-state index in [4.69, 9.17) is 5.73 Å². The zero-order valence-corrected chi connectivity index (χ0v) is 13.9. The third kappa shape index (κ3) is 4.68. The second-order valence-electron chi connectivity index (χ2n) is 7.02. The van der Waals surface area contributed by atoms with Gasteiger partial charge < -0.3 is 5.73 Å². The van der Waals surface area contributed by atoms with Crippen LogP contribution in [0.4, 0.5) is 0 Å². The number of hydrogen-bond acceptors (Lipinski definition) is 3. The summed E-state index contributed by atoms with van der Waals surface area (Å²) in [7, 11) is 0. The summed E-state index contributed by atoms with van der Waals surface area (Å²) in [4.78, 5) is 16.5. The molecule has 2 heterocycles. The van der Waals surface area contributed by atoms with Crippen molar-refractivity contribution in [1.29, 1.82) is 0 Å². The molecule has 2 saturated heterocycles. The third-order valence-corrected chi connectivity index (χ3v) is 5.43. The van der Waals surface area contributed by atoms with E-state index in [1.807, 2.05) is 0 Å². The van der Waals surface area contributed by atoms with E-state index < -0.39 is 0 Å². The largest absolute Gasteiger partial charge is 0.368 e. The second kappa shape index (κ2) is 8.14. The average Bonchev–Trinajstić information content (AvgIpc) is 2.46. The highest BCUT2D eigenvalue weighted by Gasteiger charge is 2.27. The maximum atomic E-state index is 11.5. The highest BCUT2D eigenvalue weighted by molar-refractivity contribution is 5.79. The van der Waals surface area contributed by atoms with Crippen LogP contribution < -0.4 is 5.73 Å². The predicted molar refractivity (Wildman–Crippen MR) is 87.1 cm³/mol. The molecule has 2 aliphatic heterocycles. The minimum Gasteiger partial charge on any atom is -0.368 e. The normalized spacial score (nSPS) is 32.2. The predicted octanol–water partition coefficient (Wildman–Crippen LogP) is 2.37. The first-order valence-corrected chi connectivity index (χ1v) is 8.88. The van der Waals surface area contributed by atoms with E-state index in [-0.39, 0.29) is 11.9 Å². The maximum absolute atomic E-state index is 11.5. The summed E-state index contributed by atoms with van der Waals surface area (Å²) in [5.41, 5.74) is 5.53. The molecule has 2 fully saturated rings. The van der Waals surface area contributed by atoms with Crippen molar-refractivity contribution in [1.82, 2.24) is 9.80 Å². The summed E-state index contributed by atoms with van der Waals surface area (Å²) in [6.07, 6.45) is 9.80. The van der Waals surface area contributed by atoms with E-state index in [1.165, 1.54) is 45.1 Å². The van der Waals surface area contributed by atoms with Gasteiger partial charge in [0.2, 0.25) is 5.91 Å². The highest BCUT2D eigenvalue weighted by atomic mass is 16.1. The van der Waals surface area contributed by atoms with Crippen molar-refractivity contribution in [2.24, 2.45) is 5.73 Å². The van der Waals surface area contributed by atoms with Gasteiger partial charge in [-0.15, -0.1) is 0 Å². The van der Waals surface area contributed by atoms with Gasteiger partial charge in [0.1, 0.15) is 0 Å². The number of nitrogens with two attached hydrogens (primary N) is 1. The van der Waals surface area contributed by atoms with Crippen LogP contribution in [0.15, 0.2) is 0 Å². The van der Waals surface area contributed by atoms with Gasteiger partial charge in [0.05, 0.1) is 6.04 Å². The van der Waals surface area contributed by atoms with E-state index in [1.54, 1.807) is 0 Å². The quantitative estimate of drug-likeness (QED) is 0.765. The molecule has 0 radical (unpaired) electrons. The van der Waals surface area contributed by atoms with Crippen molar-refractivity contribution < 1.29 is 4.79 Å². The molecule has 1 unspecified atom stereocenters. The van der Waals surface area contributed by atoms with Crippen LogP contribution in [-0.4, -0.2) is 53.5 Å². The fourth-order valence-corrected chi connectivity index (χ4v) is 4.11. The Morgan fingerprint density at radius 2 is 1.67 bits per heavy atom. The van der Waals surface area contributed by atoms with Crippen molar-refractivity contribution in [2.45, 2.75) is 83.3 Å². The van der Waals surface area contributed by atoms with Gasteiger partial charge in [-0.2, -0.15) is 0 Å². The number of rotatable bonds is 6. The lowest BCUT2D eigenvalue weighted by Crippen LogP contribution is -2.48. The van der Waals surface area contributed by atoms with Gasteiger partial charge in [0.25, 0.3) is 0 Å². The summed E-state index contributed by atoms with van der Waals surface area (Å²) < 4.78 is 0. The van der Waals surface area contributed by atoms with Crippen LogP contribution in [0.1, 0.15) is 65.2 Å². The van der Waals surface area contributed by atoms with Crippen LogP contribution in [0.3, 0.4) is 0 Å². The number of primary amides is 1. The Balaban J connectivity index is 1.69. The Bertz CT molecular complexity index is 324. The molecule has 2 rings (SSSR count). The van der Waals surface area contributed by atoms with E-state index in [9.17, 15) is 4.79 Å². The minimum atomic E-state index is -0.132. The minimum absolute atomic E-state index is 0.00779. The lowest BCUT2D eigenvalue weighted by Gasteiger charge is -2.39. The van der Waals surface area contributed by atoms with Crippen molar-refractivity contribution in [2.75, 3.05) is 19.6 Å². The van der Waals surface area contributed by atoms with Crippen LogP contribution in [0.25, 0.3) is 0 Å². The van der Waals surface area contributed by atoms with Crippen LogP contribution in [0, 0.1) is 0 Å². The molecule has 0 saturated carbocycles. The monoisotopic (exact) mass is 295 g/mol. The summed E-state index contributed by atoms with van der Waals surface area (Å²) >= 11 is 0. The van der Waals surface area contributed by atoms with Gasteiger partial charge in [-0.3, -0.25) is 14.6 Å². The number of likely N-dealkylation sites (tertiary alicyclic amines) is 2. The number of piperidine rings is 2. The molecule has 0 spiro atoms. The zero-order chi connectivity index (χ0) is 15.2. The number of unbranched alkanes of at least 4 members (excludes halogenated alkanes) is 1. The second-order valence-corrected chi connectivity index (χ2v) is 7.02. The Kier molecular flexibility index (Phi) is 6.49. The summed E-state index contributed by atoms with van der Waals surface area (Å²) in [5.74, 6) is -0.132. The highest BCUT2D eigenvalue weighted by Crippen LogP contribution is 2.23. The van der Waals surface area contributed by atoms with Gasteiger partial charge >= 0.3 is 0 Å². The Morgan fingerprint density at radius 1 is 1.00 bits per heavy atom. The fraction of sp³-hybridized carbons (Fsp3) is 0.941. The van der Waals surface area contributed by atoms with Crippen molar-refractivity contribution in [3.63, 3.8) is 0 Å². The Labute approximate surface area is 130 Å². The van der Waals surface area contributed by atoms with Gasteiger partial charge in [0, 0.05) is 12.1 Å². The molecule has 122 valence electrons. The topological polar surface area (TPSA) is 49.6 Å². The standard InChI is InChI=1S/C17H33N3O/c1-14-8-7-9-15(2)20(14)13-6-5-12-19-11-4-3-10-16(19)17(18)21/h14-16H,3-13H2,1-2H3,(H2,18,21)/t14-,15+,16?. The first-order chi connectivity index (χ1) is 10.1. The Hall–Kier alpha value is -0.610. The van der Waals surface area contributed by atoms with Crippen molar-refractivity contribution in [3.8, 4) is 0 Å². The molecule has 1 amide bonds. The van der Waals surface area contributed by atoms with Gasteiger partial charge in [-0.1, -0.05) is 12.8 Å². The molecule has 0 aromatic heterocycles. The van der Waals surface area contributed by atoms with E-state index >= 15 is 0 Å². The summed E-state index contributed by atoms with van der Waals surface area (Å²) in [6.45, 7) is 8.01. The molecule has 3 atom stereocenters. The lowest BCUT2D eigenvalue weighted by molar-refractivity contribution is -0.124. The number of hydrogen-bond donors (Lipinski definition) is 1. The maximum Gasteiger partial charge on any atom is 0.234 e. The van der Waals surface area contributed by atoms with E-state index in [2.05, 4.69) is 23.6 Å². The lowest BCUT2D eigenvalue weighted by atomic mass is 9.97. The number of carbonyl (C=O) groups is 1. The number of carbonyl (C=O) groups excluding carboxylic acids is 1. The molecular formula is C17H33N3O. The molecule has 0 aliphatic carbocycles. The van der Waals surface area contributed by atoms with Crippen molar-refractivity contribution in [3.05, 3.63) is 0 Å². The SMILES string of the molecule is C[C@@H]1CCC[C@H](C)N1CCCCN1CCCCC1C(N)=O. The third-order valence-electron chi connectivity index (χ3n) is 5.43. The molecule has 4 nitrogen and oxygen atoms in total. The first kappa shape index (κ1) is 16.8. The van der Waals surface area contributed by atoms with Crippen LogP contribution >= 0.6 is 0 Å². The van der Waals surface area contributed by atoms with E-state index in [0.29, 0.717) is 0 Å². The number of nitrogens with zero attached hydrogens (tertiary/aromatic N) is 2. The fourth-order valence-electron chi connectivity index (χ4n) is 4.11. The summed E-state index contributed by atoms with van der Waals surface area (Å²) in [6, 6.07) is 1.47. The molecule has 0 aromatic rings. The molecular weight excluding hydrogens is 262 g/mol. The van der Waals surface area contributed by atoms with Gasteiger partial charge in [-0.25, -0.2) is 0 Å². The van der Waals surface area contributed by atoms with Gasteiger partial charge in [-0.05, 0) is 72.0 Å². The molecule has 4 heteroatoms. The number of amides is 1. The van der Waals surface area contributed by atoms with Gasteiger partial charge in [0.15, 0.2) is 0 Å². The summed E-state index contributed by atoms with van der Waals surface area (Å²) in [5, 5.41) is 0. The first-order valence-electron chi connectivity index (χ1n) is 8.88. The molecule has 2 aliphatic rings. The van der Waals surface area contributed by atoms with Crippen LogP contribution in [0.5, 0.6) is 0 Å².